The highest BCUT2D eigenvalue weighted by molar-refractivity contribution is 7.89. The van der Waals surface area contributed by atoms with Gasteiger partial charge in [0.15, 0.2) is 0 Å². The molecule has 2 rings (SSSR count). The lowest BCUT2D eigenvalue weighted by atomic mass is 10.0. The van der Waals surface area contributed by atoms with E-state index < -0.39 is 10.0 Å². The van der Waals surface area contributed by atoms with Crippen molar-refractivity contribution in [3.05, 3.63) is 23.2 Å². The van der Waals surface area contributed by atoms with E-state index in [1.165, 1.54) is 23.5 Å². The van der Waals surface area contributed by atoms with Gasteiger partial charge in [-0.15, -0.1) is 0 Å². The van der Waals surface area contributed by atoms with E-state index in [1.54, 1.807) is 6.07 Å². The van der Waals surface area contributed by atoms with Crippen LogP contribution in [0.1, 0.15) is 19.8 Å². The van der Waals surface area contributed by atoms with Crippen LogP contribution in [0.25, 0.3) is 0 Å². The van der Waals surface area contributed by atoms with Gasteiger partial charge in [0.2, 0.25) is 10.0 Å². The molecule has 0 saturated carbocycles. The Labute approximate surface area is 119 Å². The summed E-state index contributed by atoms with van der Waals surface area (Å²) in [5.74, 6) is 0.972. The quantitative estimate of drug-likeness (QED) is 0.862. The molecule has 106 valence electrons. The summed E-state index contributed by atoms with van der Waals surface area (Å²) in [4.78, 5) is 0.239. The fraction of sp³-hybridized carbons (Fsp3) is 0.538. The molecule has 4 nitrogen and oxygen atoms in total. The Morgan fingerprint density at radius 1 is 1.32 bits per heavy atom. The number of ether oxygens (including phenoxy) is 1. The van der Waals surface area contributed by atoms with Gasteiger partial charge in [-0.3, -0.25) is 0 Å². The van der Waals surface area contributed by atoms with E-state index in [0.717, 1.165) is 12.8 Å². The molecule has 0 atom stereocenters. The van der Waals surface area contributed by atoms with Crippen molar-refractivity contribution in [1.29, 1.82) is 0 Å². The molecular weight excluding hydrogens is 286 g/mol. The van der Waals surface area contributed by atoms with Crippen LogP contribution >= 0.6 is 11.6 Å². The van der Waals surface area contributed by atoms with Crippen molar-refractivity contribution in [3.8, 4) is 5.75 Å². The molecule has 1 aromatic carbocycles. The molecule has 1 saturated heterocycles. The van der Waals surface area contributed by atoms with Gasteiger partial charge in [-0.1, -0.05) is 18.5 Å². The largest absolute Gasteiger partial charge is 0.495 e. The summed E-state index contributed by atoms with van der Waals surface area (Å²) < 4.78 is 31.6. The number of rotatable bonds is 3. The smallest absolute Gasteiger partial charge is 0.243 e. The summed E-state index contributed by atoms with van der Waals surface area (Å²) in [6.07, 6.45) is 1.81. The molecule has 0 aliphatic carbocycles. The molecule has 0 aromatic heterocycles. The lowest BCUT2D eigenvalue weighted by Crippen LogP contribution is -2.37. The van der Waals surface area contributed by atoms with Crippen LogP contribution in [0.15, 0.2) is 23.1 Å². The molecule has 0 amide bonds. The molecule has 0 radical (unpaired) electrons. The van der Waals surface area contributed by atoms with Gasteiger partial charge in [-0.05, 0) is 30.9 Å². The number of nitrogens with zero attached hydrogens (tertiary/aromatic N) is 1. The minimum atomic E-state index is -3.44. The molecule has 1 aromatic rings. The highest BCUT2D eigenvalue weighted by atomic mass is 35.5. The van der Waals surface area contributed by atoms with Crippen LogP contribution in [0, 0.1) is 5.92 Å². The third kappa shape index (κ3) is 3.04. The zero-order valence-corrected chi connectivity index (χ0v) is 12.7. The van der Waals surface area contributed by atoms with E-state index in [9.17, 15) is 8.42 Å². The summed E-state index contributed by atoms with van der Waals surface area (Å²) in [7, 11) is -1.97. The van der Waals surface area contributed by atoms with Gasteiger partial charge >= 0.3 is 0 Å². The highest BCUT2D eigenvalue weighted by Gasteiger charge is 2.28. The Balaban J connectivity index is 2.29. The van der Waals surface area contributed by atoms with Crippen molar-refractivity contribution >= 4 is 21.6 Å². The first-order valence-corrected chi connectivity index (χ1v) is 8.10. The van der Waals surface area contributed by atoms with Gasteiger partial charge in [-0.25, -0.2) is 8.42 Å². The molecule has 1 aliphatic rings. The van der Waals surface area contributed by atoms with E-state index in [0.29, 0.717) is 29.8 Å². The number of halogens is 1. The predicted molar refractivity (Wildman–Crippen MR) is 75.2 cm³/mol. The summed E-state index contributed by atoms with van der Waals surface area (Å²) in [5, 5.41) is 0.411. The van der Waals surface area contributed by atoms with Crippen molar-refractivity contribution in [2.45, 2.75) is 24.7 Å². The average molecular weight is 304 g/mol. The number of sulfonamides is 1. The van der Waals surface area contributed by atoms with E-state index in [2.05, 4.69) is 6.92 Å². The maximum absolute atomic E-state index is 12.5. The van der Waals surface area contributed by atoms with E-state index in [-0.39, 0.29) is 4.90 Å². The number of hydrogen-bond acceptors (Lipinski definition) is 3. The molecule has 0 bridgehead atoms. The normalized spacial score (nSPS) is 18.5. The average Bonchev–Trinajstić information content (AvgIpc) is 2.39. The van der Waals surface area contributed by atoms with E-state index in [4.69, 9.17) is 16.3 Å². The molecule has 1 aliphatic heterocycles. The van der Waals surface area contributed by atoms with Crippen LogP contribution in [0.2, 0.25) is 5.02 Å². The van der Waals surface area contributed by atoms with Crippen LogP contribution in [0.5, 0.6) is 5.75 Å². The van der Waals surface area contributed by atoms with Gasteiger partial charge in [0, 0.05) is 19.2 Å². The maximum Gasteiger partial charge on any atom is 0.243 e. The van der Waals surface area contributed by atoms with E-state index in [1.807, 2.05) is 0 Å². The molecule has 19 heavy (non-hydrogen) atoms. The van der Waals surface area contributed by atoms with Gasteiger partial charge in [0.1, 0.15) is 5.75 Å². The predicted octanol–water partition coefficient (Wildman–Crippen LogP) is 2.77. The Hall–Kier alpha value is -0.780. The third-order valence-electron chi connectivity index (χ3n) is 3.50. The first kappa shape index (κ1) is 14.6. The molecule has 0 unspecified atom stereocenters. The second-order valence-corrected chi connectivity index (χ2v) is 7.23. The van der Waals surface area contributed by atoms with Crippen molar-refractivity contribution in [2.24, 2.45) is 5.92 Å². The molecule has 0 N–H and O–H groups in total. The summed E-state index contributed by atoms with van der Waals surface area (Å²) in [6, 6.07) is 4.56. The lowest BCUT2D eigenvalue weighted by Gasteiger charge is -2.29. The molecular formula is C13H18ClNO3S. The Morgan fingerprint density at radius 2 is 1.95 bits per heavy atom. The second kappa shape index (κ2) is 5.69. The number of methoxy groups -OCH3 is 1. The molecule has 6 heteroatoms. The Bertz CT molecular complexity index is 551. The number of piperidine rings is 1. The van der Waals surface area contributed by atoms with E-state index >= 15 is 0 Å². The fourth-order valence-corrected chi connectivity index (χ4v) is 3.86. The Kier molecular flexibility index (Phi) is 4.38. The first-order chi connectivity index (χ1) is 8.95. The minimum absolute atomic E-state index is 0.239. The summed E-state index contributed by atoms with van der Waals surface area (Å²) in [6.45, 7) is 3.30. The van der Waals surface area contributed by atoms with Gasteiger partial charge < -0.3 is 4.74 Å². The van der Waals surface area contributed by atoms with Crippen molar-refractivity contribution in [1.82, 2.24) is 4.31 Å². The SMILES string of the molecule is COc1cc(S(=O)(=O)N2CCC(C)CC2)ccc1Cl. The number of hydrogen-bond donors (Lipinski definition) is 0. The minimum Gasteiger partial charge on any atom is -0.495 e. The monoisotopic (exact) mass is 303 g/mol. The zero-order valence-electron chi connectivity index (χ0n) is 11.1. The summed E-state index contributed by atoms with van der Waals surface area (Å²) in [5.41, 5.74) is 0. The third-order valence-corrected chi connectivity index (χ3v) is 5.71. The van der Waals surface area contributed by atoms with Gasteiger partial charge in [0.25, 0.3) is 0 Å². The van der Waals surface area contributed by atoms with Crippen LogP contribution in [-0.2, 0) is 10.0 Å². The van der Waals surface area contributed by atoms with Gasteiger partial charge in [-0.2, -0.15) is 4.31 Å². The first-order valence-electron chi connectivity index (χ1n) is 6.29. The Morgan fingerprint density at radius 3 is 2.53 bits per heavy atom. The van der Waals surface area contributed by atoms with Crippen molar-refractivity contribution in [3.63, 3.8) is 0 Å². The van der Waals surface area contributed by atoms with Crippen LogP contribution in [0.4, 0.5) is 0 Å². The van der Waals surface area contributed by atoms with Gasteiger partial charge in [0.05, 0.1) is 17.0 Å². The zero-order chi connectivity index (χ0) is 14.0. The molecule has 1 heterocycles. The highest BCUT2D eigenvalue weighted by Crippen LogP contribution is 2.30. The second-order valence-electron chi connectivity index (χ2n) is 4.88. The summed E-state index contributed by atoms with van der Waals surface area (Å²) >= 11 is 5.92. The lowest BCUT2D eigenvalue weighted by molar-refractivity contribution is 0.288. The standard InChI is InChI=1S/C13H18ClNO3S/c1-10-5-7-15(8-6-10)19(16,17)11-3-4-12(14)13(9-11)18-2/h3-4,9-10H,5-8H2,1-2H3. The molecule has 1 fully saturated rings. The van der Waals surface area contributed by atoms with Crippen LogP contribution < -0.4 is 4.74 Å². The molecule has 0 spiro atoms. The fourth-order valence-electron chi connectivity index (χ4n) is 2.17. The van der Waals surface area contributed by atoms with Crippen LogP contribution in [0.3, 0.4) is 0 Å². The van der Waals surface area contributed by atoms with Crippen molar-refractivity contribution < 1.29 is 13.2 Å². The topological polar surface area (TPSA) is 46.6 Å². The van der Waals surface area contributed by atoms with Crippen LogP contribution in [-0.4, -0.2) is 32.9 Å². The maximum atomic E-state index is 12.5. The van der Waals surface area contributed by atoms with Crippen molar-refractivity contribution in [2.75, 3.05) is 20.2 Å². The number of benzene rings is 1.